The number of rotatable bonds is 5. The molecule has 2 N–H and O–H groups in total. The molecule has 1 aromatic carbocycles. The lowest BCUT2D eigenvalue weighted by Gasteiger charge is -2.09. The van der Waals surface area contributed by atoms with E-state index in [1.54, 1.807) is 18.5 Å². The van der Waals surface area contributed by atoms with Crippen molar-refractivity contribution in [1.29, 1.82) is 0 Å². The average molecular weight is 311 g/mol. The van der Waals surface area contributed by atoms with Crippen molar-refractivity contribution in [3.8, 4) is 11.4 Å². The summed E-state index contributed by atoms with van der Waals surface area (Å²) >= 11 is 0. The fraction of sp³-hybridized carbons (Fsp3) is 0.267. The number of hydrogen-bond donors (Lipinski definition) is 2. The second-order valence-corrected chi connectivity index (χ2v) is 5.15. The molecular formula is C15H17N7O. The second-order valence-electron chi connectivity index (χ2n) is 5.15. The summed E-state index contributed by atoms with van der Waals surface area (Å²) in [5, 5.41) is 16.7. The zero-order valence-electron chi connectivity index (χ0n) is 12.9. The third-order valence-electron chi connectivity index (χ3n) is 3.74. The molecule has 3 aromatic rings. The lowest BCUT2D eigenvalue weighted by atomic mass is 10.1. The van der Waals surface area contributed by atoms with E-state index < -0.39 is 0 Å². The van der Waals surface area contributed by atoms with Crippen LogP contribution < -0.4 is 5.32 Å². The van der Waals surface area contributed by atoms with Crippen LogP contribution in [0.15, 0.2) is 30.6 Å². The maximum absolute atomic E-state index is 12.4. The zero-order valence-corrected chi connectivity index (χ0v) is 12.9. The Kier molecular flexibility index (Phi) is 4.13. The van der Waals surface area contributed by atoms with E-state index in [0.29, 0.717) is 30.0 Å². The highest BCUT2D eigenvalue weighted by atomic mass is 16.1. The van der Waals surface area contributed by atoms with Gasteiger partial charge in [-0.3, -0.25) is 4.79 Å². The molecule has 0 saturated carbocycles. The van der Waals surface area contributed by atoms with Crippen LogP contribution >= 0.6 is 0 Å². The smallest absolute Gasteiger partial charge is 0.252 e. The third-order valence-corrected chi connectivity index (χ3v) is 3.74. The third kappa shape index (κ3) is 3.10. The van der Waals surface area contributed by atoms with Gasteiger partial charge in [0.15, 0.2) is 0 Å². The lowest BCUT2D eigenvalue weighted by molar-refractivity contribution is 0.0953. The number of aromatic amines is 1. The molecule has 0 aliphatic carbocycles. The Balaban J connectivity index is 1.68. The molecule has 0 fully saturated rings. The summed E-state index contributed by atoms with van der Waals surface area (Å²) in [6.07, 6.45) is 1.78. The molecule has 2 heterocycles. The maximum Gasteiger partial charge on any atom is 0.252 e. The van der Waals surface area contributed by atoms with Crippen LogP contribution in [-0.2, 0) is 6.54 Å². The van der Waals surface area contributed by atoms with E-state index in [4.69, 9.17) is 0 Å². The van der Waals surface area contributed by atoms with Crippen molar-refractivity contribution in [3.05, 3.63) is 47.5 Å². The zero-order chi connectivity index (χ0) is 16.2. The van der Waals surface area contributed by atoms with Crippen LogP contribution in [0.2, 0.25) is 0 Å². The van der Waals surface area contributed by atoms with Crippen molar-refractivity contribution in [2.24, 2.45) is 0 Å². The number of tetrazole rings is 1. The molecule has 0 unspecified atom stereocenters. The Bertz CT molecular complexity index is 807. The van der Waals surface area contributed by atoms with E-state index in [1.807, 2.05) is 30.5 Å². The number of nitrogens with zero attached hydrogens (tertiary/aromatic N) is 5. The lowest BCUT2D eigenvalue weighted by Crippen LogP contribution is -2.27. The minimum atomic E-state index is -0.167. The summed E-state index contributed by atoms with van der Waals surface area (Å²) < 4.78 is 2.01. The Morgan fingerprint density at radius 1 is 1.30 bits per heavy atom. The van der Waals surface area contributed by atoms with Crippen molar-refractivity contribution in [2.75, 3.05) is 6.54 Å². The highest BCUT2D eigenvalue weighted by Gasteiger charge is 2.14. The molecule has 0 atom stereocenters. The number of amides is 1. The largest absolute Gasteiger partial charge is 0.350 e. The van der Waals surface area contributed by atoms with Gasteiger partial charge >= 0.3 is 0 Å². The van der Waals surface area contributed by atoms with Crippen molar-refractivity contribution in [1.82, 2.24) is 35.5 Å². The van der Waals surface area contributed by atoms with E-state index in [1.165, 1.54) is 0 Å². The summed E-state index contributed by atoms with van der Waals surface area (Å²) in [5.41, 5.74) is 3.27. The Morgan fingerprint density at radius 2 is 2.13 bits per heavy atom. The van der Waals surface area contributed by atoms with Crippen molar-refractivity contribution >= 4 is 5.91 Å². The van der Waals surface area contributed by atoms with Crippen LogP contribution in [0.3, 0.4) is 0 Å². The molecule has 0 aliphatic heterocycles. The first-order valence-electron chi connectivity index (χ1n) is 7.26. The molecule has 8 nitrogen and oxygen atoms in total. The summed E-state index contributed by atoms with van der Waals surface area (Å²) in [7, 11) is 0. The number of aromatic nitrogens is 6. The Labute approximate surface area is 132 Å². The predicted molar refractivity (Wildman–Crippen MR) is 83.6 cm³/mol. The summed E-state index contributed by atoms with van der Waals surface area (Å²) in [6, 6.07) is 7.18. The van der Waals surface area contributed by atoms with Gasteiger partial charge in [0.25, 0.3) is 5.91 Å². The molecule has 23 heavy (non-hydrogen) atoms. The number of hydrogen-bond acceptors (Lipinski definition) is 5. The number of aryl methyl sites for hydroxylation is 1. The summed E-state index contributed by atoms with van der Waals surface area (Å²) in [4.78, 5) is 16.7. The van der Waals surface area contributed by atoms with Gasteiger partial charge in [-0.25, -0.2) is 4.98 Å². The normalized spacial score (nSPS) is 10.7. The van der Waals surface area contributed by atoms with Gasteiger partial charge in [-0.05, 0) is 25.1 Å². The second kappa shape index (κ2) is 6.39. The van der Waals surface area contributed by atoms with Crippen LogP contribution in [0, 0.1) is 13.8 Å². The molecule has 0 radical (unpaired) electrons. The Morgan fingerprint density at radius 3 is 2.83 bits per heavy atom. The van der Waals surface area contributed by atoms with Gasteiger partial charge in [0.2, 0.25) is 5.82 Å². The molecule has 0 spiro atoms. The monoisotopic (exact) mass is 311 g/mol. The fourth-order valence-electron chi connectivity index (χ4n) is 2.31. The van der Waals surface area contributed by atoms with E-state index >= 15 is 0 Å². The van der Waals surface area contributed by atoms with Crippen LogP contribution in [0.1, 0.15) is 21.7 Å². The van der Waals surface area contributed by atoms with Crippen molar-refractivity contribution in [2.45, 2.75) is 20.4 Å². The van der Waals surface area contributed by atoms with Gasteiger partial charge in [0.05, 0.1) is 17.6 Å². The van der Waals surface area contributed by atoms with E-state index in [0.717, 1.165) is 11.4 Å². The van der Waals surface area contributed by atoms with E-state index in [9.17, 15) is 4.79 Å². The molecule has 118 valence electrons. The first kappa shape index (κ1) is 14.9. The molecule has 0 aliphatic rings. The van der Waals surface area contributed by atoms with E-state index in [2.05, 4.69) is 30.9 Å². The fourth-order valence-corrected chi connectivity index (χ4v) is 2.31. The number of benzene rings is 1. The maximum atomic E-state index is 12.4. The average Bonchev–Trinajstić information content (AvgIpc) is 3.20. The van der Waals surface area contributed by atoms with Gasteiger partial charge in [-0.2, -0.15) is 5.21 Å². The standard InChI is InChI=1S/C15H17N7O/c1-10-11(2)22(9-17-10)8-7-16-15(23)13-6-4-3-5-12(13)14-18-20-21-19-14/h3-6,9H,7-8H2,1-2H3,(H,16,23)(H,18,19,20,21). The highest BCUT2D eigenvalue weighted by molar-refractivity contribution is 6.00. The predicted octanol–water partition coefficient (Wildman–Crippen LogP) is 1.11. The van der Waals surface area contributed by atoms with Gasteiger partial charge in [-0.1, -0.05) is 18.2 Å². The summed E-state index contributed by atoms with van der Waals surface area (Å²) in [6.45, 7) is 5.15. The quantitative estimate of drug-likeness (QED) is 0.735. The molecule has 0 saturated heterocycles. The van der Waals surface area contributed by atoms with Crippen LogP contribution in [0.25, 0.3) is 11.4 Å². The van der Waals surface area contributed by atoms with Crippen LogP contribution in [-0.4, -0.2) is 42.6 Å². The Hall–Kier alpha value is -3.03. The van der Waals surface area contributed by atoms with Crippen LogP contribution in [0.4, 0.5) is 0 Å². The van der Waals surface area contributed by atoms with Gasteiger partial charge < -0.3 is 9.88 Å². The molecular weight excluding hydrogens is 294 g/mol. The SMILES string of the molecule is Cc1ncn(CCNC(=O)c2ccccc2-c2nn[nH]n2)c1C. The minimum Gasteiger partial charge on any atom is -0.350 e. The van der Waals surface area contributed by atoms with Gasteiger partial charge in [-0.15, -0.1) is 10.2 Å². The van der Waals surface area contributed by atoms with Gasteiger partial charge in [0.1, 0.15) is 0 Å². The van der Waals surface area contributed by atoms with Crippen molar-refractivity contribution in [3.63, 3.8) is 0 Å². The number of H-pyrrole nitrogens is 1. The number of carbonyl (C=O) groups excluding carboxylic acids is 1. The first-order valence-corrected chi connectivity index (χ1v) is 7.26. The summed E-state index contributed by atoms with van der Waals surface area (Å²) in [5.74, 6) is 0.233. The molecule has 8 heteroatoms. The number of nitrogens with one attached hydrogen (secondary N) is 2. The topological polar surface area (TPSA) is 101 Å². The van der Waals surface area contributed by atoms with Crippen molar-refractivity contribution < 1.29 is 4.79 Å². The van der Waals surface area contributed by atoms with Gasteiger partial charge in [0, 0.05) is 24.3 Å². The first-order chi connectivity index (χ1) is 11.2. The van der Waals surface area contributed by atoms with E-state index in [-0.39, 0.29) is 5.91 Å². The molecule has 2 aromatic heterocycles. The highest BCUT2D eigenvalue weighted by Crippen LogP contribution is 2.18. The molecule has 3 rings (SSSR count). The molecule has 0 bridgehead atoms. The molecule has 1 amide bonds. The number of imidazole rings is 1. The minimum absolute atomic E-state index is 0.167. The van der Waals surface area contributed by atoms with Crippen LogP contribution in [0.5, 0.6) is 0 Å². The number of carbonyl (C=O) groups is 1.